The van der Waals surface area contributed by atoms with Crippen LogP contribution in [0.2, 0.25) is 0 Å². The largest absolute Gasteiger partial charge is 0.256 e. The highest BCUT2D eigenvalue weighted by Crippen LogP contribution is 2.62. The van der Waals surface area contributed by atoms with Crippen LogP contribution in [0.25, 0.3) is 50.5 Å². The first-order valence-corrected chi connectivity index (χ1v) is 20.3. The summed E-state index contributed by atoms with van der Waals surface area (Å²) in [4.78, 5) is 4.51. The van der Waals surface area contributed by atoms with Gasteiger partial charge in [-0.15, -0.1) is 5.11 Å². The lowest BCUT2D eigenvalue weighted by atomic mass is 9.55. The number of hydrogen-bond acceptors (Lipinski definition) is 3. The lowest BCUT2D eigenvalue weighted by Crippen LogP contribution is -2.40. The van der Waals surface area contributed by atoms with E-state index in [2.05, 4.69) is 190 Å². The summed E-state index contributed by atoms with van der Waals surface area (Å²) in [5, 5.41) is 9.96. The molecule has 1 aromatic heterocycles. The summed E-state index contributed by atoms with van der Waals surface area (Å²) in [5.41, 5.74) is 19.6. The molecule has 3 heteroatoms. The first kappa shape index (κ1) is 36.1. The van der Waals surface area contributed by atoms with Crippen molar-refractivity contribution in [3.8, 4) is 33.5 Å². The molecule has 282 valence electrons. The molecule has 0 atom stereocenters. The Morgan fingerprint density at radius 3 is 1.71 bits per heavy atom. The van der Waals surface area contributed by atoms with Gasteiger partial charge in [-0.3, -0.25) is 4.98 Å². The van der Waals surface area contributed by atoms with Crippen molar-refractivity contribution in [3.05, 3.63) is 251 Å². The molecule has 0 N–H and O–H groups in total. The van der Waals surface area contributed by atoms with Gasteiger partial charge < -0.3 is 0 Å². The Balaban J connectivity index is 1.15. The number of aromatic nitrogens is 1. The normalized spacial score (nSPS) is 14.6. The molecule has 1 heterocycles. The van der Waals surface area contributed by atoms with E-state index >= 15 is 0 Å². The van der Waals surface area contributed by atoms with E-state index in [0.29, 0.717) is 5.70 Å². The number of benzene rings is 7. The maximum absolute atomic E-state index is 5.10. The maximum atomic E-state index is 5.10. The van der Waals surface area contributed by atoms with Gasteiger partial charge in [0.25, 0.3) is 0 Å². The molecule has 0 fully saturated rings. The first-order valence-electron chi connectivity index (χ1n) is 20.3. The summed E-state index contributed by atoms with van der Waals surface area (Å²) in [5.74, 6) is 0. The summed E-state index contributed by atoms with van der Waals surface area (Å²) >= 11 is 0. The number of allylic oxidation sites excluding steroid dienone is 1. The second-order valence-electron chi connectivity index (χ2n) is 16.1. The number of fused-ring (bicyclic) bond motifs is 9. The zero-order chi connectivity index (χ0) is 40.1. The van der Waals surface area contributed by atoms with Crippen LogP contribution in [0.1, 0.15) is 70.8 Å². The zero-order valence-electron chi connectivity index (χ0n) is 33.5. The average molecular weight is 758 g/mol. The minimum atomic E-state index is -0.447. The number of rotatable bonds is 7. The number of pyridine rings is 1. The molecule has 10 rings (SSSR count). The van der Waals surface area contributed by atoms with Crippen molar-refractivity contribution in [1.82, 2.24) is 4.98 Å². The third-order valence-electron chi connectivity index (χ3n) is 12.6. The van der Waals surface area contributed by atoms with Gasteiger partial charge in [0, 0.05) is 28.3 Å². The monoisotopic (exact) mass is 757 g/mol. The highest BCUT2D eigenvalue weighted by atomic mass is 15.1. The Kier molecular flexibility index (Phi) is 8.76. The zero-order valence-corrected chi connectivity index (χ0v) is 33.5. The van der Waals surface area contributed by atoms with Gasteiger partial charge in [0.2, 0.25) is 0 Å². The molecule has 3 nitrogen and oxygen atoms in total. The lowest BCUT2D eigenvalue weighted by molar-refractivity contribution is 0.563. The Labute approximate surface area is 346 Å². The molecular formula is C56H43N3. The van der Waals surface area contributed by atoms with E-state index in [4.69, 9.17) is 10.2 Å². The predicted molar refractivity (Wildman–Crippen MR) is 244 cm³/mol. The van der Waals surface area contributed by atoms with Crippen LogP contribution in [-0.2, 0) is 10.8 Å². The smallest absolute Gasteiger partial charge is 0.0970 e. The minimum Gasteiger partial charge on any atom is -0.256 e. The van der Waals surface area contributed by atoms with Crippen molar-refractivity contribution < 1.29 is 0 Å². The molecule has 2 aliphatic carbocycles. The van der Waals surface area contributed by atoms with Crippen LogP contribution in [0.5, 0.6) is 0 Å². The highest BCUT2D eigenvalue weighted by Gasteiger charge is 2.53. The minimum absolute atomic E-state index is 0.146. The van der Waals surface area contributed by atoms with Crippen molar-refractivity contribution in [2.75, 3.05) is 0 Å². The molecule has 2 aliphatic rings. The first-order chi connectivity index (χ1) is 28.9. The standard InChI is InChI=1S/C56H43N3/c1-37(54(45-22-9-8-20-43(45)40-18-6-5-7-19-40)59-58-38(2)39-29-31-41(32-30-39)53-28-16-17-35-57-53)42-33-34-48-46(36-42)44-21-10-11-23-47(44)56(48)51-26-14-12-24-49(51)55(3,4)50-25-13-15-27-52(50)56/h5-36H,2H2,1,3-4H3/b54-37+,59-58?. The molecule has 0 saturated carbocycles. The predicted octanol–water partition coefficient (Wildman–Crippen LogP) is 14.4. The van der Waals surface area contributed by atoms with Gasteiger partial charge in [-0.05, 0) is 91.9 Å². The Morgan fingerprint density at radius 2 is 1.03 bits per heavy atom. The molecular weight excluding hydrogens is 715 g/mol. The van der Waals surface area contributed by atoms with E-state index in [-0.39, 0.29) is 5.41 Å². The van der Waals surface area contributed by atoms with E-state index in [1.165, 1.54) is 44.5 Å². The van der Waals surface area contributed by atoms with Crippen LogP contribution in [0.4, 0.5) is 0 Å². The van der Waals surface area contributed by atoms with Crippen LogP contribution in [0, 0.1) is 0 Å². The van der Waals surface area contributed by atoms with Crippen molar-refractivity contribution in [2.45, 2.75) is 31.6 Å². The summed E-state index contributed by atoms with van der Waals surface area (Å²) in [6.07, 6.45) is 1.81. The van der Waals surface area contributed by atoms with Crippen LogP contribution in [0.15, 0.2) is 211 Å². The van der Waals surface area contributed by atoms with Crippen molar-refractivity contribution in [3.63, 3.8) is 0 Å². The molecule has 8 aromatic rings. The van der Waals surface area contributed by atoms with E-state index < -0.39 is 5.41 Å². The Bertz CT molecular complexity index is 2920. The summed E-state index contributed by atoms with van der Waals surface area (Å²) in [6.45, 7) is 11.3. The van der Waals surface area contributed by atoms with Crippen LogP contribution in [0.3, 0.4) is 0 Å². The molecule has 0 saturated heterocycles. The summed E-state index contributed by atoms with van der Waals surface area (Å²) < 4.78 is 0. The van der Waals surface area contributed by atoms with Gasteiger partial charge in [0.1, 0.15) is 0 Å². The maximum Gasteiger partial charge on any atom is 0.0970 e. The van der Waals surface area contributed by atoms with Crippen molar-refractivity contribution in [1.29, 1.82) is 0 Å². The molecule has 0 aliphatic heterocycles. The molecule has 0 radical (unpaired) electrons. The third kappa shape index (κ3) is 5.76. The van der Waals surface area contributed by atoms with Crippen molar-refractivity contribution in [2.24, 2.45) is 10.2 Å². The lowest BCUT2D eigenvalue weighted by Gasteiger charge is -2.46. The molecule has 0 bridgehead atoms. The van der Waals surface area contributed by atoms with Gasteiger partial charge in [-0.1, -0.05) is 190 Å². The quantitative estimate of drug-likeness (QED) is 0.118. The molecule has 59 heavy (non-hydrogen) atoms. The van der Waals surface area contributed by atoms with E-state index in [1.54, 1.807) is 0 Å². The Morgan fingerprint density at radius 1 is 0.475 bits per heavy atom. The van der Waals surface area contributed by atoms with Gasteiger partial charge in [-0.2, -0.15) is 5.11 Å². The summed E-state index contributed by atoms with van der Waals surface area (Å²) in [6, 6.07) is 67.4. The van der Waals surface area contributed by atoms with Gasteiger partial charge in [0.15, 0.2) is 0 Å². The fourth-order valence-electron chi connectivity index (χ4n) is 9.66. The second-order valence-corrected chi connectivity index (χ2v) is 16.1. The number of azo groups is 1. The molecule has 0 unspecified atom stereocenters. The summed E-state index contributed by atoms with van der Waals surface area (Å²) in [7, 11) is 0. The van der Waals surface area contributed by atoms with E-state index in [9.17, 15) is 0 Å². The van der Waals surface area contributed by atoms with Crippen LogP contribution < -0.4 is 0 Å². The fraction of sp³-hybridized carbons (Fsp3) is 0.0893. The van der Waals surface area contributed by atoms with Crippen molar-refractivity contribution >= 4 is 17.0 Å². The molecule has 7 aromatic carbocycles. The average Bonchev–Trinajstić information content (AvgIpc) is 3.59. The van der Waals surface area contributed by atoms with Gasteiger partial charge in [-0.25, -0.2) is 0 Å². The topological polar surface area (TPSA) is 37.6 Å². The highest BCUT2D eigenvalue weighted by molar-refractivity contribution is 5.97. The van der Waals surface area contributed by atoms with E-state index in [0.717, 1.165) is 50.3 Å². The second kappa shape index (κ2) is 14.3. The van der Waals surface area contributed by atoms with Crippen LogP contribution in [-0.4, -0.2) is 4.98 Å². The van der Waals surface area contributed by atoms with Crippen LogP contribution >= 0.6 is 0 Å². The molecule has 0 amide bonds. The SMILES string of the molecule is C=C(N=N/C(=C(\C)c1ccc2c(c1)-c1ccccc1C21c2ccccc2C(C)(C)c2ccccc21)c1ccccc1-c1ccccc1)c1ccc(-c2ccccn2)cc1. The molecule has 1 spiro atoms. The van der Waals surface area contributed by atoms with Gasteiger partial charge in [0.05, 0.1) is 22.5 Å². The van der Waals surface area contributed by atoms with Gasteiger partial charge >= 0.3 is 0 Å². The number of hydrogen-bond donors (Lipinski definition) is 0. The third-order valence-corrected chi connectivity index (χ3v) is 12.6. The number of nitrogens with zero attached hydrogens (tertiary/aromatic N) is 3. The van der Waals surface area contributed by atoms with E-state index in [1.807, 2.05) is 36.5 Å². The Hall–Kier alpha value is -7.23. The fourth-order valence-corrected chi connectivity index (χ4v) is 9.66.